The highest BCUT2D eigenvalue weighted by Crippen LogP contribution is 2.09. The van der Waals surface area contributed by atoms with Gasteiger partial charge in [-0.25, -0.2) is 4.98 Å². The van der Waals surface area contributed by atoms with Crippen LogP contribution in [0.1, 0.15) is 33.3 Å². The first-order valence-electron chi connectivity index (χ1n) is 5.46. The van der Waals surface area contributed by atoms with Gasteiger partial charge in [0.2, 0.25) is 5.95 Å². The standard InChI is InChI=1S/C8H9N3.2C2H6/c1-6-2-3-11-7(4-6)5-10-8(11)9;2*1-2/h2-5H,1H3,(H2,9,10);2*1-2H3. The number of nitrogens with zero attached hydrogens (tertiary/aromatic N) is 2. The van der Waals surface area contributed by atoms with Crippen molar-refractivity contribution in [3.05, 3.63) is 30.1 Å². The Morgan fingerprint density at radius 2 is 1.80 bits per heavy atom. The number of aryl methyl sites for hydroxylation is 1. The van der Waals surface area contributed by atoms with Crippen LogP contribution < -0.4 is 5.73 Å². The maximum absolute atomic E-state index is 5.58. The lowest BCUT2D eigenvalue weighted by atomic mass is 10.3. The Labute approximate surface area is 91.9 Å². The Bertz CT molecular complexity index is 391. The highest BCUT2D eigenvalue weighted by molar-refractivity contribution is 5.52. The molecule has 0 radical (unpaired) electrons. The summed E-state index contributed by atoms with van der Waals surface area (Å²) in [6, 6.07) is 4.05. The van der Waals surface area contributed by atoms with Crippen LogP contribution in [0.15, 0.2) is 24.5 Å². The third-order valence-electron chi connectivity index (χ3n) is 1.72. The van der Waals surface area contributed by atoms with Crippen molar-refractivity contribution in [3.63, 3.8) is 0 Å². The summed E-state index contributed by atoms with van der Waals surface area (Å²) >= 11 is 0. The van der Waals surface area contributed by atoms with Gasteiger partial charge in [-0.15, -0.1) is 0 Å². The SMILES string of the molecule is CC.CC.Cc1ccn2c(N)ncc2c1. The number of nitrogen functional groups attached to an aromatic ring is 1. The van der Waals surface area contributed by atoms with E-state index in [4.69, 9.17) is 5.73 Å². The zero-order valence-electron chi connectivity index (χ0n) is 10.3. The van der Waals surface area contributed by atoms with Crippen molar-refractivity contribution in [1.29, 1.82) is 0 Å². The topological polar surface area (TPSA) is 43.3 Å². The molecule has 3 heteroatoms. The summed E-state index contributed by atoms with van der Waals surface area (Å²) in [7, 11) is 0. The average Bonchev–Trinajstić information content (AvgIpc) is 2.65. The molecule has 2 rings (SSSR count). The molecule has 0 saturated carbocycles. The number of hydrogen-bond donors (Lipinski definition) is 1. The minimum atomic E-state index is 0.542. The zero-order chi connectivity index (χ0) is 11.8. The van der Waals surface area contributed by atoms with Gasteiger partial charge in [-0.2, -0.15) is 0 Å². The second-order valence-electron chi connectivity index (χ2n) is 2.62. The summed E-state index contributed by atoms with van der Waals surface area (Å²) in [6.45, 7) is 10.0. The molecule has 3 nitrogen and oxygen atoms in total. The van der Waals surface area contributed by atoms with Crippen molar-refractivity contribution in [2.75, 3.05) is 5.73 Å². The van der Waals surface area contributed by atoms with Gasteiger partial charge in [-0.05, 0) is 24.6 Å². The van der Waals surface area contributed by atoms with E-state index in [1.165, 1.54) is 5.56 Å². The van der Waals surface area contributed by atoms with Crippen LogP contribution in [0, 0.1) is 6.92 Å². The molecule has 15 heavy (non-hydrogen) atoms. The molecule has 2 N–H and O–H groups in total. The summed E-state index contributed by atoms with van der Waals surface area (Å²) in [5, 5.41) is 0. The van der Waals surface area contributed by atoms with Crippen LogP contribution in [0.4, 0.5) is 5.95 Å². The van der Waals surface area contributed by atoms with Crippen molar-refractivity contribution in [1.82, 2.24) is 9.38 Å². The zero-order valence-corrected chi connectivity index (χ0v) is 10.3. The number of imidazole rings is 1. The maximum atomic E-state index is 5.58. The minimum Gasteiger partial charge on any atom is -0.369 e. The normalized spacial score (nSPS) is 8.60. The van der Waals surface area contributed by atoms with Crippen LogP contribution in [0.25, 0.3) is 5.52 Å². The molecule has 0 aliphatic carbocycles. The largest absolute Gasteiger partial charge is 0.369 e. The fraction of sp³-hybridized carbons (Fsp3) is 0.417. The van der Waals surface area contributed by atoms with Crippen LogP contribution in [0.3, 0.4) is 0 Å². The van der Waals surface area contributed by atoms with Gasteiger partial charge < -0.3 is 5.73 Å². The number of rotatable bonds is 0. The van der Waals surface area contributed by atoms with Gasteiger partial charge in [0.1, 0.15) is 0 Å². The maximum Gasteiger partial charge on any atom is 0.204 e. The minimum absolute atomic E-state index is 0.542. The molecule has 0 saturated heterocycles. The van der Waals surface area contributed by atoms with Crippen molar-refractivity contribution >= 4 is 11.5 Å². The van der Waals surface area contributed by atoms with Crippen molar-refractivity contribution in [3.8, 4) is 0 Å². The molecule has 0 bridgehead atoms. The van der Waals surface area contributed by atoms with Crippen molar-refractivity contribution in [2.45, 2.75) is 34.6 Å². The average molecular weight is 207 g/mol. The third kappa shape index (κ3) is 3.27. The van der Waals surface area contributed by atoms with Gasteiger partial charge in [-0.1, -0.05) is 27.7 Å². The Balaban J connectivity index is 0.000000442. The number of fused-ring (bicyclic) bond motifs is 1. The van der Waals surface area contributed by atoms with E-state index >= 15 is 0 Å². The Hall–Kier alpha value is -1.51. The number of anilines is 1. The van der Waals surface area contributed by atoms with Gasteiger partial charge in [0.25, 0.3) is 0 Å². The van der Waals surface area contributed by atoms with Crippen LogP contribution in [0.5, 0.6) is 0 Å². The molecule has 0 unspecified atom stereocenters. The molecule has 2 aromatic rings. The molecule has 0 aromatic carbocycles. The van der Waals surface area contributed by atoms with Crippen LogP contribution in [-0.4, -0.2) is 9.38 Å². The summed E-state index contributed by atoms with van der Waals surface area (Å²) in [5.41, 5.74) is 7.84. The van der Waals surface area contributed by atoms with E-state index in [1.54, 1.807) is 6.20 Å². The Morgan fingerprint density at radius 1 is 1.20 bits per heavy atom. The lowest BCUT2D eigenvalue weighted by molar-refractivity contribution is 1.16. The third-order valence-corrected chi connectivity index (χ3v) is 1.72. The van der Waals surface area contributed by atoms with Crippen LogP contribution >= 0.6 is 0 Å². The smallest absolute Gasteiger partial charge is 0.204 e. The van der Waals surface area contributed by atoms with E-state index in [9.17, 15) is 0 Å². The van der Waals surface area contributed by atoms with Gasteiger partial charge in [0, 0.05) is 6.20 Å². The van der Waals surface area contributed by atoms with Gasteiger partial charge in [0.15, 0.2) is 0 Å². The molecule has 0 fully saturated rings. The van der Waals surface area contributed by atoms with E-state index in [1.807, 2.05) is 57.3 Å². The first-order chi connectivity index (χ1) is 7.27. The van der Waals surface area contributed by atoms with Gasteiger partial charge in [-0.3, -0.25) is 4.40 Å². The van der Waals surface area contributed by atoms with Crippen LogP contribution in [0.2, 0.25) is 0 Å². The number of nitrogens with two attached hydrogens (primary N) is 1. The van der Waals surface area contributed by atoms with E-state index in [-0.39, 0.29) is 0 Å². The van der Waals surface area contributed by atoms with E-state index < -0.39 is 0 Å². The quantitative estimate of drug-likeness (QED) is 0.720. The van der Waals surface area contributed by atoms with Crippen molar-refractivity contribution in [2.24, 2.45) is 0 Å². The molecule has 0 aliphatic rings. The Morgan fingerprint density at radius 3 is 2.40 bits per heavy atom. The predicted octanol–water partition coefficient (Wildman–Crippen LogP) is 3.28. The van der Waals surface area contributed by atoms with E-state index in [0.29, 0.717) is 5.95 Å². The van der Waals surface area contributed by atoms with E-state index in [2.05, 4.69) is 4.98 Å². The van der Waals surface area contributed by atoms with Gasteiger partial charge in [0.05, 0.1) is 11.7 Å². The van der Waals surface area contributed by atoms with Crippen molar-refractivity contribution < 1.29 is 0 Å². The molecule has 84 valence electrons. The molecule has 2 heterocycles. The summed E-state index contributed by atoms with van der Waals surface area (Å²) in [6.07, 6.45) is 3.69. The lowest BCUT2D eigenvalue weighted by Gasteiger charge is -1.95. The summed E-state index contributed by atoms with van der Waals surface area (Å²) < 4.78 is 1.85. The molecule has 0 atom stereocenters. The highest BCUT2D eigenvalue weighted by atomic mass is 15.1. The first kappa shape index (κ1) is 13.5. The van der Waals surface area contributed by atoms with E-state index in [0.717, 1.165) is 5.52 Å². The first-order valence-corrected chi connectivity index (χ1v) is 5.46. The lowest BCUT2D eigenvalue weighted by Crippen LogP contribution is -1.93. The number of hydrogen-bond acceptors (Lipinski definition) is 2. The monoisotopic (exact) mass is 207 g/mol. The van der Waals surface area contributed by atoms with Gasteiger partial charge >= 0.3 is 0 Å². The molecular weight excluding hydrogens is 186 g/mol. The number of pyridine rings is 1. The molecule has 0 amide bonds. The fourth-order valence-corrected chi connectivity index (χ4v) is 1.13. The summed E-state index contributed by atoms with van der Waals surface area (Å²) in [5.74, 6) is 0.542. The number of aromatic nitrogens is 2. The molecule has 0 aliphatic heterocycles. The highest BCUT2D eigenvalue weighted by Gasteiger charge is 1.96. The Kier molecular flexibility index (Phi) is 6.18. The molecular formula is C12H21N3. The fourth-order valence-electron chi connectivity index (χ4n) is 1.13. The molecule has 2 aromatic heterocycles. The van der Waals surface area contributed by atoms with Crippen LogP contribution in [-0.2, 0) is 0 Å². The summed E-state index contributed by atoms with van der Waals surface area (Å²) in [4.78, 5) is 3.98. The predicted molar refractivity (Wildman–Crippen MR) is 67.0 cm³/mol. The second kappa shape index (κ2) is 6.87. The molecule has 0 spiro atoms. The second-order valence-corrected chi connectivity index (χ2v) is 2.62.